The van der Waals surface area contributed by atoms with Crippen LogP contribution in [0.1, 0.15) is 15.9 Å². The van der Waals surface area contributed by atoms with Gasteiger partial charge in [-0.25, -0.2) is 9.07 Å². The number of nitrogens with one attached hydrogen (secondary N) is 1. The van der Waals surface area contributed by atoms with E-state index >= 15 is 0 Å². The highest BCUT2D eigenvalue weighted by atomic mass is 19.1. The van der Waals surface area contributed by atoms with Crippen LogP contribution >= 0.6 is 0 Å². The van der Waals surface area contributed by atoms with E-state index in [2.05, 4.69) is 10.4 Å². The molecule has 6 nitrogen and oxygen atoms in total. The third kappa shape index (κ3) is 3.15. The molecule has 0 unspecified atom stereocenters. The quantitative estimate of drug-likeness (QED) is 0.591. The van der Waals surface area contributed by atoms with Crippen LogP contribution in [-0.2, 0) is 0 Å². The maximum absolute atomic E-state index is 14.3. The minimum atomic E-state index is -0.451. The first kappa shape index (κ1) is 17.2. The lowest BCUT2D eigenvalue weighted by Gasteiger charge is -2.12. The van der Waals surface area contributed by atoms with Crippen molar-refractivity contribution in [2.45, 2.75) is 0 Å². The molecule has 4 aromatic rings. The van der Waals surface area contributed by atoms with Crippen molar-refractivity contribution in [1.29, 1.82) is 5.26 Å². The third-order valence-corrected chi connectivity index (χ3v) is 4.17. The van der Waals surface area contributed by atoms with E-state index in [1.54, 1.807) is 71.6 Å². The number of amides is 1. The van der Waals surface area contributed by atoms with Gasteiger partial charge in [-0.3, -0.25) is 4.79 Å². The van der Waals surface area contributed by atoms with Crippen LogP contribution in [0.4, 0.5) is 10.1 Å². The second-order valence-corrected chi connectivity index (χ2v) is 5.98. The Morgan fingerprint density at radius 1 is 1.07 bits per heavy atom. The highest BCUT2D eigenvalue weighted by molar-refractivity contribution is 6.06. The molecule has 0 saturated heterocycles. The first-order valence-electron chi connectivity index (χ1n) is 8.45. The van der Waals surface area contributed by atoms with E-state index in [9.17, 15) is 9.18 Å². The standard InChI is InChI=1S/C21H14FN5O/c22-18-8-1-2-9-19(18)27-21(26-10-3-4-11-26)17(14-24-27)20(28)25-16-7-5-6-15(12-16)13-23/h1-12,14H,(H,25,28). The molecule has 0 fully saturated rings. The number of benzene rings is 2. The van der Waals surface area contributed by atoms with Crippen LogP contribution in [0.25, 0.3) is 11.5 Å². The molecule has 0 aliphatic carbocycles. The van der Waals surface area contributed by atoms with E-state index in [0.29, 0.717) is 17.1 Å². The Balaban J connectivity index is 1.78. The normalized spacial score (nSPS) is 10.4. The van der Waals surface area contributed by atoms with E-state index in [1.807, 2.05) is 6.07 Å². The van der Waals surface area contributed by atoms with Crippen LogP contribution in [0.15, 0.2) is 79.3 Å². The second kappa shape index (κ2) is 7.21. The topological polar surface area (TPSA) is 75.6 Å². The monoisotopic (exact) mass is 371 g/mol. The number of rotatable bonds is 4. The van der Waals surface area contributed by atoms with Gasteiger partial charge in [0.2, 0.25) is 0 Å². The van der Waals surface area contributed by atoms with Crippen molar-refractivity contribution in [2.24, 2.45) is 0 Å². The minimum absolute atomic E-state index is 0.233. The highest BCUT2D eigenvalue weighted by Gasteiger charge is 2.21. The molecule has 4 rings (SSSR count). The van der Waals surface area contributed by atoms with Gasteiger partial charge >= 0.3 is 0 Å². The molecule has 2 aromatic heterocycles. The van der Waals surface area contributed by atoms with Crippen LogP contribution < -0.4 is 5.32 Å². The summed E-state index contributed by atoms with van der Waals surface area (Å²) in [5, 5.41) is 16.0. The SMILES string of the molecule is N#Cc1cccc(NC(=O)c2cnn(-c3ccccc3F)c2-n2cccc2)c1. The first-order chi connectivity index (χ1) is 13.7. The summed E-state index contributed by atoms with van der Waals surface area (Å²) in [6, 6.07) is 18.5. The molecule has 0 saturated carbocycles. The number of hydrogen-bond donors (Lipinski definition) is 1. The number of carbonyl (C=O) groups is 1. The molecular weight excluding hydrogens is 357 g/mol. The molecule has 0 spiro atoms. The van der Waals surface area contributed by atoms with Crippen LogP contribution in [0.2, 0.25) is 0 Å². The summed E-state index contributed by atoms with van der Waals surface area (Å²) in [6.07, 6.45) is 4.90. The van der Waals surface area contributed by atoms with E-state index in [0.717, 1.165) is 0 Å². The average Bonchev–Trinajstić information content (AvgIpc) is 3.38. The molecule has 2 aromatic carbocycles. The molecule has 0 aliphatic rings. The average molecular weight is 371 g/mol. The lowest BCUT2D eigenvalue weighted by atomic mass is 10.2. The number of aromatic nitrogens is 3. The molecular formula is C21H14FN5O. The molecule has 0 bridgehead atoms. The fourth-order valence-corrected chi connectivity index (χ4v) is 2.89. The molecule has 0 aliphatic heterocycles. The maximum atomic E-state index is 14.3. The smallest absolute Gasteiger partial charge is 0.261 e. The molecule has 7 heteroatoms. The molecule has 1 N–H and O–H groups in total. The van der Waals surface area contributed by atoms with Crippen LogP contribution in [-0.4, -0.2) is 20.3 Å². The molecule has 0 atom stereocenters. The van der Waals surface area contributed by atoms with Gasteiger partial charge in [-0.2, -0.15) is 10.4 Å². The predicted molar refractivity (Wildman–Crippen MR) is 102 cm³/mol. The summed E-state index contributed by atoms with van der Waals surface area (Å²) in [6.45, 7) is 0. The van der Waals surface area contributed by atoms with Gasteiger partial charge in [0.25, 0.3) is 5.91 Å². The predicted octanol–water partition coefficient (Wildman–Crippen LogP) is 3.93. The van der Waals surface area contributed by atoms with Gasteiger partial charge in [-0.15, -0.1) is 0 Å². The van der Waals surface area contributed by atoms with Gasteiger partial charge < -0.3 is 9.88 Å². The third-order valence-electron chi connectivity index (χ3n) is 4.17. The van der Waals surface area contributed by atoms with Gasteiger partial charge in [0.15, 0.2) is 5.82 Å². The van der Waals surface area contributed by atoms with Crippen molar-refractivity contribution in [3.63, 3.8) is 0 Å². The number of nitrogens with zero attached hydrogens (tertiary/aromatic N) is 4. The van der Waals surface area contributed by atoms with Crippen molar-refractivity contribution in [1.82, 2.24) is 14.3 Å². The Hall–Kier alpha value is -4.18. The number of para-hydroxylation sites is 1. The maximum Gasteiger partial charge on any atom is 0.261 e. The van der Waals surface area contributed by atoms with E-state index in [4.69, 9.17) is 5.26 Å². The first-order valence-corrected chi connectivity index (χ1v) is 8.45. The van der Waals surface area contributed by atoms with Crippen LogP contribution in [0, 0.1) is 17.1 Å². The Morgan fingerprint density at radius 3 is 2.61 bits per heavy atom. The summed E-state index contributed by atoms with van der Waals surface area (Å²) in [7, 11) is 0. The van der Waals surface area contributed by atoms with Crippen molar-refractivity contribution in [3.05, 3.63) is 96.2 Å². The van der Waals surface area contributed by atoms with Gasteiger partial charge in [-0.1, -0.05) is 18.2 Å². The van der Waals surface area contributed by atoms with Crippen molar-refractivity contribution in [3.8, 4) is 17.6 Å². The summed E-state index contributed by atoms with van der Waals surface area (Å²) in [4.78, 5) is 12.9. The zero-order valence-corrected chi connectivity index (χ0v) is 14.6. The second-order valence-electron chi connectivity index (χ2n) is 5.98. The zero-order chi connectivity index (χ0) is 19.5. The van der Waals surface area contributed by atoms with Gasteiger partial charge in [-0.05, 0) is 42.5 Å². The lowest BCUT2D eigenvalue weighted by molar-refractivity contribution is 0.102. The van der Waals surface area contributed by atoms with Crippen molar-refractivity contribution in [2.75, 3.05) is 5.32 Å². The van der Waals surface area contributed by atoms with E-state index in [-0.39, 0.29) is 11.3 Å². The van der Waals surface area contributed by atoms with E-state index in [1.165, 1.54) is 16.9 Å². The molecule has 136 valence electrons. The van der Waals surface area contributed by atoms with Gasteiger partial charge in [0.1, 0.15) is 17.1 Å². The molecule has 1 amide bonds. The zero-order valence-electron chi connectivity index (χ0n) is 14.6. The van der Waals surface area contributed by atoms with Crippen molar-refractivity contribution < 1.29 is 9.18 Å². The lowest BCUT2D eigenvalue weighted by Crippen LogP contribution is -2.15. The number of carbonyl (C=O) groups excluding carboxylic acids is 1. The minimum Gasteiger partial charge on any atom is -0.322 e. The molecule has 0 radical (unpaired) electrons. The van der Waals surface area contributed by atoms with Crippen LogP contribution in [0.3, 0.4) is 0 Å². The number of nitriles is 1. The Labute approximate surface area is 160 Å². The fraction of sp³-hybridized carbons (Fsp3) is 0. The highest BCUT2D eigenvalue weighted by Crippen LogP contribution is 2.23. The van der Waals surface area contributed by atoms with E-state index < -0.39 is 11.7 Å². The summed E-state index contributed by atoms with van der Waals surface area (Å²) in [5.74, 6) is -0.460. The molecule has 28 heavy (non-hydrogen) atoms. The Kier molecular flexibility index (Phi) is 4.44. The Bertz CT molecular complexity index is 1190. The summed E-state index contributed by atoms with van der Waals surface area (Å²) in [5.41, 5.74) is 1.42. The van der Waals surface area contributed by atoms with Crippen molar-refractivity contribution >= 4 is 11.6 Å². The van der Waals surface area contributed by atoms with Crippen LogP contribution in [0.5, 0.6) is 0 Å². The summed E-state index contributed by atoms with van der Waals surface area (Å²) >= 11 is 0. The molecule has 2 heterocycles. The number of hydrogen-bond acceptors (Lipinski definition) is 3. The number of anilines is 1. The van der Waals surface area contributed by atoms with Gasteiger partial charge in [0, 0.05) is 18.1 Å². The largest absolute Gasteiger partial charge is 0.322 e. The Morgan fingerprint density at radius 2 is 1.86 bits per heavy atom. The summed E-state index contributed by atoms with van der Waals surface area (Å²) < 4.78 is 17.4. The fourth-order valence-electron chi connectivity index (χ4n) is 2.89. The number of halogens is 1. The van der Waals surface area contributed by atoms with Gasteiger partial charge in [0.05, 0.1) is 17.8 Å².